The first-order valence-electron chi connectivity index (χ1n) is 10.3. The molecule has 0 aliphatic carbocycles. The maximum absolute atomic E-state index is 13.1. The second-order valence-electron chi connectivity index (χ2n) is 7.33. The second-order valence-corrected chi connectivity index (χ2v) is 7.74. The molecule has 0 aromatic heterocycles. The number of anilines is 1. The SMILES string of the molecule is N#Cc1ccc(C(=O)NCC(=O)OC(C(=O)Nc2cc(C(F)(F)F)ccc2Cl)c2ccccc2)cc1. The van der Waals surface area contributed by atoms with Gasteiger partial charge in [0.05, 0.1) is 27.9 Å². The standard InChI is InChI=1S/C25H17ClF3N3O4/c26-19-11-10-18(25(27,28)29)12-20(19)32-24(35)22(16-4-2-1-3-5-16)36-21(33)14-31-23(34)17-8-6-15(13-30)7-9-17/h1-12,22H,14H2,(H,31,34)(H,32,35). The van der Waals surface area contributed by atoms with Crippen LogP contribution in [-0.2, 0) is 20.5 Å². The summed E-state index contributed by atoms with van der Waals surface area (Å²) >= 11 is 5.95. The van der Waals surface area contributed by atoms with E-state index in [0.717, 1.165) is 12.1 Å². The third kappa shape index (κ3) is 6.84. The van der Waals surface area contributed by atoms with Gasteiger partial charge in [0.25, 0.3) is 11.8 Å². The highest BCUT2D eigenvalue weighted by molar-refractivity contribution is 6.33. The summed E-state index contributed by atoms with van der Waals surface area (Å²) in [6, 6.07) is 17.8. The number of carbonyl (C=O) groups excluding carboxylic acids is 3. The number of amides is 2. The highest BCUT2D eigenvalue weighted by atomic mass is 35.5. The molecule has 1 atom stereocenters. The molecule has 3 aromatic carbocycles. The molecule has 0 saturated carbocycles. The maximum Gasteiger partial charge on any atom is 0.416 e. The fourth-order valence-corrected chi connectivity index (χ4v) is 3.18. The number of rotatable bonds is 7. The van der Waals surface area contributed by atoms with E-state index in [0.29, 0.717) is 11.6 Å². The Labute approximate surface area is 208 Å². The number of nitrogens with one attached hydrogen (secondary N) is 2. The third-order valence-corrected chi connectivity index (χ3v) is 5.14. The van der Waals surface area contributed by atoms with E-state index in [1.54, 1.807) is 18.2 Å². The van der Waals surface area contributed by atoms with Gasteiger partial charge in [0, 0.05) is 11.1 Å². The summed E-state index contributed by atoms with van der Waals surface area (Å²) < 4.78 is 44.5. The number of ether oxygens (including phenoxy) is 1. The molecule has 2 N–H and O–H groups in total. The Bertz CT molecular complexity index is 1310. The van der Waals surface area contributed by atoms with Crippen LogP contribution in [0.3, 0.4) is 0 Å². The van der Waals surface area contributed by atoms with Crippen molar-refractivity contribution in [2.45, 2.75) is 12.3 Å². The lowest BCUT2D eigenvalue weighted by Crippen LogP contribution is -2.33. The number of carbonyl (C=O) groups is 3. The lowest BCUT2D eigenvalue weighted by Gasteiger charge is -2.19. The van der Waals surface area contributed by atoms with Gasteiger partial charge in [-0.15, -0.1) is 0 Å². The number of hydrogen-bond acceptors (Lipinski definition) is 5. The molecule has 0 fully saturated rings. The van der Waals surface area contributed by atoms with Crippen LogP contribution in [0.4, 0.5) is 18.9 Å². The van der Waals surface area contributed by atoms with Crippen molar-refractivity contribution in [2.75, 3.05) is 11.9 Å². The number of alkyl halides is 3. The first-order valence-corrected chi connectivity index (χ1v) is 10.7. The molecule has 0 radical (unpaired) electrons. The minimum atomic E-state index is -4.66. The second kappa shape index (κ2) is 11.4. The molecular weight excluding hydrogens is 499 g/mol. The van der Waals surface area contributed by atoms with Gasteiger partial charge in [0.1, 0.15) is 6.54 Å². The first kappa shape index (κ1) is 26.2. The van der Waals surface area contributed by atoms with Crippen molar-refractivity contribution < 1.29 is 32.3 Å². The van der Waals surface area contributed by atoms with Gasteiger partial charge in [-0.2, -0.15) is 18.4 Å². The molecule has 11 heteroatoms. The molecule has 0 saturated heterocycles. The molecule has 0 heterocycles. The van der Waals surface area contributed by atoms with Gasteiger partial charge in [0.2, 0.25) is 6.10 Å². The zero-order valence-corrected chi connectivity index (χ0v) is 19.1. The van der Waals surface area contributed by atoms with Gasteiger partial charge < -0.3 is 15.4 Å². The number of hydrogen-bond donors (Lipinski definition) is 2. The van der Waals surface area contributed by atoms with Gasteiger partial charge in [0.15, 0.2) is 0 Å². The lowest BCUT2D eigenvalue weighted by atomic mass is 10.1. The lowest BCUT2D eigenvalue weighted by molar-refractivity contribution is -0.153. The van der Waals surface area contributed by atoms with Crippen molar-refractivity contribution in [3.8, 4) is 6.07 Å². The average molecular weight is 516 g/mol. The number of nitrogens with zero attached hydrogens (tertiary/aromatic N) is 1. The molecule has 0 spiro atoms. The van der Waals surface area contributed by atoms with Crippen LogP contribution in [0, 0.1) is 11.3 Å². The summed E-state index contributed by atoms with van der Waals surface area (Å²) in [5, 5.41) is 13.3. The Balaban J connectivity index is 1.73. The monoisotopic (exact) mass is 515 g/mol. The van der Waals surface area contributed by atoms with Crippen molar-refractivity contribution in [2.24, 2.45) is 0 Å². The molecule has 36 heavy (non-hydrogen) atoms. The van der Waals surface area contributed by atoms with Gasteiger partial charge in [-0.1, -0.05) is 41.9 Å². The predicted molar refractivity (Wildman–Crippen MR) is 124 cm³/mol. The van der Waals surface area contributed by atoms with Crippen LogP contribution in [0.25, 0.3) is 0 Å². The van der Waals surface area contributed by atoms with E-state index in [9.17, 15) is 27.6 Å². The summed E-state index contributed by atoms with van der Waals surface area (Å²) in [7, 11) is 0. The first-order chi connectivity index (χ1) is 17.1. The van der Waals surface area contributed by atoms with Crippen LogP contribution in [0.2, 0.25) is 5.02 Å². The van der Waals surface area contributed by atoms with Gasteiger partial charge >= 0.3 is 12.1 Å². The maximum atomic E-state index is 13.1. The average Bonchev–Trinajstić information content (AvgIpc) is 2.87. The van der Waals surface area contributed by atoms with Gasteiger partial charge in [-0.25, -0.2) is 0 Å². The minimum Gasteiger partial charge on any atom is -0.446 e. The number of halogens is 4. The van der Waals surface area contributed by atoms with Gasteiger partial charge in [-0.3, -0.25) is 14.4 Å². The molecule has 2 amide bonds. The van der Waals surface area contributed by atoms with Gasteiger partial charge in [-0.05, 0) is 42.5 Å². The zero-order chi connectivity index (χ0) is 26.3. The summed E-state index contributed by atoms with van der Waals surface area (Å²) in [6.45, 7) is -0.597. The Morgan fingerprint density at radius 3 is 2.28 bits per heavy atom. The van der Waals surface area contributed by atoms with Crippen molar-refractivity contribution >= 4 is 35.1 Å². The molecule has 0 bridgehead atoms. The smallest absolute Gasteiger partial charge is 0.416 e. The summed E-state index contributed by atoms with van der Waals surface area (Å²) in [4.78, 5) is 37.6. The third-order valence-electron chi connectivity index (χ3n) is 4.81. The van der Waals surface area contributed by atoms with E-state index in [1.165, 1.54) is 36.4 Å². The van der Waals surface area contributed by atoms with Crippen molar-refractivity contribution in [1.29, 1.82) is 5.26 Å². The summed E-state index contributed by atoms with van der Waals surface area (Å²) in [5.74, 6) is -2.54. The van der Waals surface area contributed by atoms with E-state index in [1.807, 2.05) is 6.07 Å². The molecule has 7 nitrogen and oxygen atoms in total. The van der Waals surface area contributed by atoms with E-state index in [4.69, 9.17) is 21.6 Å². The van der Waals surface area contributed by atoms with Crippen LogP contribution in [0.1, 0.15) is 33.2 Å². The molecule has 3 rings (SSSR count). The Morgan fingerprint density at radius 2 is 1.67 bits per heavy atom. The minimum absolute atomic E-state index is 0.149. The largest absolute Gasteiger partial charge is 0.446 e. The van der Waals surface area contributed by atoms with Crippen molar-refractivity contribution in [3.05, 3.63) is 100 Å². The topological polar surface area (TPSA) is 108 Å². The van der Waals surface area contributed by atoms with E-state index in [2.05, 4.69) is 10.6 Å². The number of benzene rings is 3. The Hall–Kier alpha value is -4.36. The fraction of sp³-hybridized carbons (Fsp3) is 0.120. The quantitative estimate of drug-likeness (QED) is 0.436. The summed E-state index contributed by atoms with van der Waals surface area (Å²) in [6.07, 6.45) is -6.21. The summed E-state index contributed by atoms with van der Waals surface area (Å²) in [5.41, 5.74) is -0.560. The van der Waals surface area contributed by atoms with Crippen molar-refractivity contribution in [1.82, 2.24) is 5.32 Å². The fourth-order valence-electron chi connectivity index (χ4n) is 3.02. The van der Waals surface area contributed by atoms with Crippen LogP contribution in [0.5, 0.6) is 0 Å². The zero-order valence-electron chi connectivity index (χ0n) is 18.3. The Kier molecular flexibility index (Phi) is 8.30. The highest BCUT2D eigenvalue weighted by Gasteiger charge is 2.32. The van der Waals surface area contributed by atoms with Crippen LogP contribution < -0.4 is 10.6 Å². The predicted octanol–water partition coefficient (Wildman–Crippen LogP) is 4.88. The highest BCUT2D eigenvalue weighted by Crippen LogP contribution is 2.34. The molecule has 0 aliphatic heterocycles. The van der Waals surface area contributed by atoms with Crippen LogP contribution in [-0.4, -0.2) is 24.3 Å². The number of nitriles is 1. The molecule has 1 unspecified atom stereocenters. The van der Waals surface area contributed by atoms with Crippen molar-refractivity contribution in [3.63, 3.8) is 0 Å². The molecule has 0 aliphatic rings. The molecule has 3 aromatic rings. The van der Waals surface area contributed by atoms with E-state index in [-0.39, 0.29) is 21.8 Å². The van der Waals surface area contributed by atoms with Crippen LogP contribution >= 0.6 is 11.6 Å². The Morgan fingerprint density at radius 1 is 1.00 bits per heavy atom. The number of esters is 1. The molecule has 184 valence electrons. The van der Waals surface area contributed by atoms with E-state index < -0.39 is 42.2 Å². The molecular formula is C25H17ClF3N3O4. The van der Waals surface area contributed by atoms with E-state index >= 15 is 0 Å². The van der Waals surface area contributed by atoms with Crippen LogP contribution in [0.15, 0.2) is 72.8 Å². The normalized spacial score (nSPS) is 11.6.